The van der Waals surface area contributed by atoms with Crippen LogP contribution in [0.3, 0.4) is 0 Å². The van der Waals surface area contributed by atoms with Crippen LogP contribution in [0.2, 0.25) is 0 Å². The Balaban J connectivity index is 0.00000432. The van der Waals surface area contributed by atoms with Gasteiger partial charge in [0, 0.05) is 12.3 Å². The van der Waals surface area contributed by atoms with Crippen LogP contribution in [0, 0.1) is 20.2 Å². The molecule has 1 atom stereocenters. The van der Waals surface area contributed by atoms with Crippen LogP contribution < -0.4 is 9.47 Å². The number of sulfone groups is 1. The van der Waals surface area contributed by atoms with E-state index in [0.717, 1.165) is 18.4 Å². The minimum atomic E-state index is -3.79. The molecule has 0 saturated heterocycles. The van der Waals surface area contributed by atoms with E-state index in [4.69, 9.17) is 9.47 Å². The number of nitro groups is 2. The summed E-state index contributed by atoms with van der Waals surface area (Å²) in [7, 11) is -2.40. The minimum absolute atomic E-state index is 0. The zero-order valence-corrected chi connectivity index (χ0v) is 20.3. The summed E-state index contributed by atoms with van der Waals surface area (Å²) in [5, 5.41) is 22.9. The fraction of sp³-hybridized carbons (Fsp3) is 0.300. The lowest BCUT2D eigenvalue weighted by molar-refractivity contribution is -0.422. The number of nitrogens with zero attached hydrogens (tertiary/aromatic N) is 3. The Bertz CT molecular complexity index is 1330. The van der Waals surface area contributed by atoms with Crippen molar-refractivity contribution >= 4 is 45.4 Å². The van der Waals surface area contributed by atoms with Crippen LogP contribution in [-0.2, 0) is 9.84 Å². The Morgan fingerprint density at radius 1 is 1.03 bits per heavy atom. The Kier molecular flexibility index (Phi) is 8.03. The van der Waals surface area contributed by atoms with Gasteiger partial charge in [0.05, 0.1) is 40.9 Å². The number of benzene rings is 2. The van der Waals surface area contributed by atoms with Gasteiger partial charge in [-0.1, -0.05) is 6.07 Å². The number of carbonyl (C=O) groups excluding carboxylic acids is 2. The third-order valence-electron chi connectivity index (χ3n) is 5.06. The molecular weight excluding hydrogens is 510 g/mol. The second kappa shape index (κ2) is 10.2. The molecule has 2 amide bonds. The molecule has 0 radical (unpaired) electrons. The molecule has 1 heterocycles. The number of hydrogen-bond donors (Lipinski definition) is 0. The normalized spacial score (nSPS) is 13.6. The van der Waals surface area contributed by atoms with E-state index < -0.39 is 65.8 Å². The highest BCUT2D eigenvalue weighted by Crippen LogP contribution is 2.42. The van der Waals surface area contributed by atoms with Gasteiger partial charge < -0.3 is 9.47 Å². The molecule has 0 N–H and O–H groups in total. The van der Waals surface area contributed by atoms with Gasteiger partial charge in [-0.25, -0.2) is 8.42 Å². The molecule has 2 aromatic rings. The summed E-state index contributed by atoms with van der Waals surface area (Å²) in [6, 6.07) is 4.60. The molecule has 13 nitrogen and oxygen atoms in total. The molecule has 188 valence electrons. The van der Waals surface area contributed by atoms with E-state index in [9.17, 15) is 38.2 Å². The van der Waals surface area contributed by atoms with Crippen LogP contribution in [-0.4, -0.2) is 60.7 Å². The van der Waals surface area contributed by atoms with Crippen LogP contribution in [0.25, 0.3) is 0 Å². The minimum Gasteiger partial charge on any atom is -0.493 e. The van der Waals surface area contributed by atoms with Crippen LogP contribution in [0.4, 0.5) is 11.4 Å². The van der Waals surface area contributed by atoms with Crippen molar-refractivity contribution in [1.29, 1.82) is 0 Å². The SMILES string of the molecule is CCOc1cc(C(CS(C)(=O)=O)N2C(=O)c3ccc([N+](=O)[O-])c([N+](=O)[O-])c3C2=O)ccc1OC.Cl. The highest BCUT2D eigenvalue weighted by molar-refractivity contribution is 7.90. The Labute approximate surface area is 205 Å². The number of imide groups is 1. The van der Waals surface area contributed by atoms with Crippen LogP contribution >= 0.6 is 12.4 Å². The molecule has 0 aromatic heterocycles. The van der Waals surface area contributed by atoms with Crippen LogP contribution in [0.1, 0.15) is 39.2 Å². The molecule has 3 rings (SSSR count). The second-order valence-corrected chi connectivity index (χ2v) is 9.49. The average molecular weight is 530 g/mol. The van der Waals surface area contributed by atoms with E-state index >= 15 is 0 Å². The van der Waals surface area contributed by atoms with E-state index in [-0.39, 0.29) is 30.3 Å². The van der Waals surface area contributed by atoms with Crippen LogP contribution in [0.15, 0.2) is 30.3 Å². The summed E-state index contributed by atoms with van der Waals surface area (Å²) < 4.78 is 35.1. The molecule has 0 aliphatic carbocycles. The van der Waals surface area contributed by atoms with Crippen molar-refractivity contribution in [2.75, 3.05) is 25.7 Å². The second-order valence-electron chi connectivity index (χ2n) is 7.30. The number of amides is 2. The number of hydrogen-bond acceptors (Lipinski definition) is 10. The first-order valence-corrected chi connectivity index (χ1v) is 11.8. The maximum Gasteiger partial charge on any atom is 0.359 e. The van der Waals surface area contributed by atoms with Gasteiger partial charge in [-0.15, -0.1) is 12.4 Å². The van der Waals surface area contributed by atoms with Crippen molar-refractivity contribution in [3.63, 3.8) is 0 Å². The maximum absolute atomic E-state index is 13.3. The van der Waals surface area contributed by atoms with Gasteiger partial charge in [0.2, 0.25) is 0 Å². The molecule has 1 unspecified atom stereocenters. The van der Waals surface area contributed by atoms with Gasteiger partial charge in [-0.2, -0.15) is 0 Å². The molecule has 1 aliphatic heterocycles. The van der Waals surface area contributed by atoms with Crippen molar-refractivity contribution in [3.05, 3.63) is 67.3 Å². The molecule has 0 bridgehead atoms. The summed E-state index contributed by atoms with van der Waals surface area (Å²) in [5.41, 5.74) is -3.11. The monoisotopic (exact) mass is 529 g/mol. The number of carbonyl (C=O) groups is 2. The zero-order chi connectivity index (χ0) is 25.4. The van der Waals surface area contributed by atoms with Gasteiger partial charge >= 0.3 is 11.4 Å². The summed E-state index contributed by atoms with van der Waals surface area (Å²) in [4.78, 5) is 47.7. The first-order chi connectivity index (χ1) is 15.9. The Morgan fingerprint density at radius 2 is 1.69 bits per heavy atom. The van der Waals surface area contributed by atoms with Gasteiger partial charge in [0.1, 0.15) is 15.4 Å². The lowest BCUT2D eigenvalue weighted by Crippen LogP contribution is -2.37. The van der Waals surface area contributed by atoms with Gasteiger partial charge in [-0.3, -0.25) is 34.7 Å². The highest BCUT2D eigenvalue weighted by Gasteiger charge is 2.48. The van der Waals surface area contributed by atoms with Gasteiger partial charge in [0.15, 0.2) is 11.5 Å². The molecule has 0 spiro atoms. The first kappa shape index (κ1) is 27.5. The van der Waals surface area contributed by atoms with E-state index in [2.05, 4.69) is 0 Å². The first-order valence-electron chi connectivity index (χ1n) is 9.73. The summed E-state index contributed by atoms with van der Waals surface area (Å²) in [6.07, 6.45) is 0.901. The largest absolute Gasteiger partial charge is 0.493 e. The zero-order valence-electron chi connectivity index (χ0n) is 18.6. The standard InChI is InChI=1S/C20H19N3O10S.ClH/c1-4-33-16-9-11(5-8-15(16)32-2)14(10-34(3,30)31)21-19(24)12-6-7-13(22(26)27)18(23(28)29)17(12)20(21)25;/h5-9,14H,4,10H2,1-3H3;1H. The molecule has 15 heteroatoms. The van der Waals surface area contributed by atoms with E-state index in [0.29, 0.717) is 10.6 Å². The number of ether oxygens (including phenoxy) is 2. The number of rotatable bonds is 9. The number of methoxy groups -OCH3 is 1. The Morgan fingerprint density at radius 3 is 2.20 bits per heavy atom. The van der Waals surface area contributed by atoms with Crippen molar-refractivity contribution in [3.8, 4) is 11.5 Å². The van der Waals surface area contributed by atoms with E-state index in [1.54, 1.807) is 6.92 Å². The van der Waals surface area contributed by atoms with E-state index in [1.165, 1.54) is 25.3 Å². The summed E-state index contributed by atoms with van der Waals surface area (Å²) in [6.45, 7) is 1.94. The molecule has 0 fully saturated rings. The summed E-state index contributed by atoms with van der Waals surface area (Å²) in [5.74, 6) is -2.39. The smallest absolute Gasteiger partial charge is 0.359 e. The molecule has 2 aromatic carbocycles. The third-order valence-corrected chi connectivity index (χ3v) is 5.98. The fourth-order valence-corrected chi connectivity index (χ4v) is 4.62. The molecular formula is C20H20ClN3O10S. The van der Waals surface area contributed by atoms with E-state index in [1.807, 2.05) is 0 Å². The Hall–Kier alpha value is -3.78. The van der Waals surface area contributed by atoms with Crippen molar-refractivity contribution in [2.45, 2.75) is 13.0 Å². The predicted molar refractivity (Wildman–Crippen MR) is 124 cm³/mol. The van der Waals surface area contributed by atoms with Gasteiger partial charge in [0.25, 0.3) is 11.8 Å². The highest BCUT2D eigenvalue weighted by atomic mass is 35.5. The van der Waals surface area contributed by atoms with Crippen LogP contribution in [0.5, 0.6) is 11.5 Å². The summed E-state index contributed by atoms with van der Waals surface area (Å²) >= 11 is 0. The lowest BCUT2D eigenvalue weighted by Gasteiger charge is -2.26. The molecule has 1 aliphatic rings. The average Bonchev–Trinajstić information content (AvgIpc) is 3.01. The lowest BCUT2D eigenvalue weighted by atomic mass is 10.1. The molecule has 0 saturated carbocycles. The number of fused-ring (bicyclic) bond motifs is 1. The quantitative estimate of drug-likeness (QED) is 0.266. The molecule has 35 heavy (non-hydrogen) atoms. The van der Waals surface area contributed by atoms with Gasteiger partial charge in [-0.05, 0) is 30.7 Å². The number of nitro benzene ring substituents is 2. The number of halogens is 1. The maximum atomic E-state index is 13.3. The third kappa shape index (κ3) is 5.17. The van der Waals surface area contributed by atoms with Crippen molar-refractivity contribution < 1.29 is 37.3 Å². The van der Waals surface area contributed by atoms with Crippen molar-refractivity contribution in [2.24, 2.45) is 0 Å². The van der Waals surface area contributed by atoms with Crippen molar-refractivity contribution in [1.82, 2.24) is 4.90 Å². The fourth-order valence-electron chi connectivity index (χ4n) is 3.71. The topological polar surface area (TPSA) is 176 Å². The predicted octanol–water partition coefficient (Wildman–Crippen LogP) is 2.71.